The van der Waals surface area contributed by atoms with Crippen molar-refractivity contribution < 1.29 is 4.79 Å². The lowest BCUT2D eigenvalue weighted by Gasteiger charge is -2.33. The van der Waals surface area contributed by atoms with Crippen molar-refractivity contribution in [1.82, 2.24) is 25.8 Å². The first-order valence-electron chi connectivity index (χ1n) is 10.3. The van der Waals surface area contributed by atoms with Gasteiger partial charge in [-0.25, -0.2) is 9.98 Å². The van der Waals surface area contributed by atoms with E-state index in [0.717, 1.165) is 62.9 Å². The minimum atomic E-state index is 0. The van der Waals surface area contributed by atoms with E-state index in [1.54, 1.807) is 0 Å². The molecule has 0 atom stereocenters. The van der Waals surface area contributed by atoms with Gasteiger partial charge in [-0.1, -0.05) is 6.07 Å². The largest absolute Gasteiger partial charge is 0.357 e. The Labute approximate surface area is 190 Å². The van der Waals surface area contributed by atoms with Crippen molar-refractivity contribution in [3.63, 3.8) is 0 Å². The summed E-state index contributed by atoms with van der Waals surface area (Å²) in [5, 5.41) is 9.45. The minimum Gasteiger partial charge on any atom is -0.357 e. The standard InChI is InChI=1S/C20H33N7O.HI/c1-3-21-20(23-9-8-22-19(28)17-5-6-17)25-15-16-4-7-18(24-14-16)27-12-10-26(2)11-13-27;/h4,7,14,17H,3,5-6,8-13,15H2,1-2H3,(H,22,28)(H2,21,23,25);1H. The van der Waals surface area contributed by atoms with Crippen LogP contribution in [0.2, 0.25) is 0 Å². The number of carbonyl (C=O) groups is 1. The van der Waals surface area contributed by atoms with Crippen molar-refractivity contribution in [2.24, 2.45) is 10.9 Å². The Bertz CT molecular complexity index is 655. The van der Waals surface area contributed by atoms with Gasteiger partial charge in [-0.3, -0.25) is 4.79 Å². The number of hydrogen-bond acceptors (Lipinski definition) is 5. The van der Waals surface area contributed by atoms with Crippen LogP contribution in [0.15, 0.2) is 23.3 Å². The van der Waals surface area contributed by atoms with Crippen molar-refractivity contribution in [3.05, 3.63) is 23.9 Å². The number of guanidine groups is 1. The maximum absolute atomic E-state index is 11.6. The number of pyridine rings is 1. The maximum Gasteiger partial charge on any atom is 0.223 e. The van der Waals surface area contributed by atoms with Crippen molar-refractivity contribution in [2.75, 3.05) is 57.8 Å². The fourth-order valence-electron chi connectivity index (χ4n) is 3.10. The third kappa shape index (κ3) is 7.96. The number of anilines is 1. The van der Waals surface area contributed by atoms with Crippen LogP contribution in [0.25, 0.3) is 0 Å². The Hall–Kier alpha value is -1.62. The van der Waals surface area contributed by atoms with E-state index in [1.807, 2.05) is 13.1 Å². The summed E-state index contributed by atoms with van der Waals surface area (Å²) in [6.45, 7) is 8.86. The van der Waals surface area contributed by atoms with E-state index in [1.165, 1.54) is 0 Å². The zero-order valence-electron chi connectivity index (χ0n) is 17.5. The molecular weight excluding hydrogens is 481 g/mol. The van der Waals surface area contributed by atoms with Gasteiger partial charge in [0, 0.05) is 57.9 Å². The van der Waals surface area contributed by atoms with Gasteiger partial charge < -0.3 is 25.8 Å². The Balaban J connectivity index is 0.00000300. The Morgan fingerprint density at radius 2 is 1.86 bits per heavy atom. The third-order valence-electron chi connectivity index (χ3n) is 5.07. The van der Waals surface area contributed by atoms with Crippen LogP contribution >= 0.6 is 24.0 Å². The summed E-state index contributed by atoms with van der Waals surface area (Å²) in [5.74, 6) is 2.22. The normalized spacial score (nSPS) is 17.4. The van der Waals surface area contributed by atoms with Gasteiger partial charge in [0.25, 0.3) is 0 Å². The van der Waals surface area contributed by atoms with Gasteiger partial charge in [0.1, 0.15) is 5.82 Å². The van der Waals surface area contributed by atoms with Crippen LogP contribution < -0.4 is 20.9 Å². The second kappa shape index (κ2) is 12.2. The Kier molecular flexibility index (Phi) is 9.92. The van der Waals surface area contributed by atoms with Crippen molar-refractivity contribution in [2.45, 2.75) is 26.3 Å². The first kappa shape index (κ1) is 23.7. The zero-order valence-corrected chi connectivity index (χ0v) is 19.8. The van der Waals surface area contributed by atoms with Gasteiger partial charge in [0.15, 0.2) is 5.96 Å². The average molecular weight is 515 g/mol. The molecular formula is C20H34IN7O. The number of amides is 1. The van der Waals surface area contributed by atoms with Crippen LogP contribution in [0.5, 0.6) is 0 Å². The molecule has 1 aromatic heterocycles. The fraction of sp³-hybridized carbons (Fsp3) is 0.650. The molecule has 2 aliphatic rings. The van der Waals surface area contributed by atoms with Crippen LogP contribution in [0.4, 0.5) is 5.82 Å². The zero-order chi connectivity index (χ0) is 19.8. The van der Waals surface area contributed by atoms with E-state index in [-0.39, 0.29) is 35.8 Å². The van der Waals surface area contributed by atoms with Crippen LogP contribution in [0, 0.1) is 5.92 Å². The highest BCUT2D eigenvalue weighted by Crippen LogP contribution is 2.28. The lowest BCUT2D eigenvalue weighted by Crippen LogP contribution is -2.44. The molecule has 9 heteroatoms. The van der Waals surface area contributed by atoms with E-state index in [2.05, 4.69) is 54.9 Å². The van der Waals surface area contributed by atoms with Crippen molar-refractivity contribution in [3.8, 4) is 0 Å². The SMILES string of the molecule is CCNC(=NCc1ccc(N2CCN(C)CC2)nc1)NCCNC(=O)C1CC1.I. The molecule has 29 heavy (non-hydrogen) atoms. The Morgan fingerprint density at radius 3 is 2.48 bits per heavy atom. The molecule has 1 saturated heterocycles. The molecule has 1 amide bonds. The second-order valence-electron chi connectivity index (χ2n) is 7.50. The van der Waals surface area contributed by atoms with Gasteiger partial charge in [-0.15, -0.1) is 24.0 Å². The third-order valence-corrected chi connectivity index (χ3v) is 5.07. The summed E-state index contributed by atoms with van der Waals surface area (Å²) in [4.78, 5) is 25.6. The van der Waals surface area contributed by atoms with E-state index < -0.39 is 0 Å². The molecule has 162 valence electrons. The van der Waals surface area contributed by atoms with E-state index >= 15 is 0 Å². The van der Waals surface area contributed by atoms with Crippen LogP contribution in [-0.2, 0) is 11.3 Å². The van der Waals surface area contributed by atoms with Gasteiger partial charge in [-0.2, -0.15) is 0 Å². The molecule has 8 nitrogen and oxygen atoms in total. The highest BCUT2D eigenvalue weighted by molar-refractivity contribution is 14.0. The maximum atomic E-state index is 11.6. The predicted molar refractivity (Wildman–Crippen MR) is 128 cm³/mol. The number of carbonyl (C=O) groups excluding carboxylic acids is 1. The smallest absolute Gasteiger partial charge is 0.223 e. The molecule has 2 fully saturated rings. The van der Waals surface area contributed by atoms with Crippen LogP contribution in [0.3, 0.4) is 0 Å². The lowest BCUT2D eigenvalue weighted by molar-refractivity contribution is -0.122. The highest BCUT2D eigenvalue weighted by atomic mass is 127. The van der Waals surface area contributed by atoms with Crippen molar-refractivity contribution in [1.29, 1.82) is 0 Å². The number of piperazine rings is 1. The van der Waals surface area contributed by atoms with Gasteiger partial charge in [-0.05, 0) is 38.4 Å². The lowest BCUT2D eigenvalue weighted by atomic mass is 10.2. The molecule has 1 aliphatic carbocycles. The van der Waals surface area contributed by atoms with Gasteiger partial charge in [0.05, 0.1) is 6.54 Å². The van der Waals surface area contributed by atoms with E-state index in [0.29, 0.717) is 19.6 Å². The number of likely N-dealkylation sites (N-methyl/N-ethyl adjacent to an activating group) is 1. The summed E-state index contributed by atoms with van der Waals surface area (Å²) in [5.41, 5.74) is 1.08. The fourth-order valence-corrected chi connectivity index (χ4v) is 3.10. The molecule has 0 spiro atoms. The number of hydrogen-bond donors (Lipinski definition) is 3. The predicted octanol–water partition coefficient (Wildman–Crippen LogP) is 1.03. The monoisotopic (exact) mass is 515 g/mol. The molecule has 0 unspecified atom stereocenters. The summed E-state index contributed by atoms with van der Waals surface area (Å²) in [6, 6.07) is 4.19. The summed E-state index contributed by atoms with van der Waals surface area (Å²) >= 11 is 0. The number of halogens is 1. The molecule has 1 aromatic rings. The molecule has 0 bridgehead atoms. The molecule has 1 aliphatic heterocycles. The molecule has 3 N–H and O–H groups in total. The molecule has 0 aromatic carbocycles. The highest BCUT2D eigenvalue weighted by Gasteiger charge is 2.28. The topological polar surface area (TPSA) is 84.9 Å². The molecule has 3 rings (SSSR count). The van der Waals surface area contributed by atoms with Gasteiger partial charge >= 0.3 is 0 Å². The molecule has 1 saturated carbocycles. The number of rotatable bonds is 8. The summed E-state index contributed by atoms with van der Waals surface area (Å²) in [7, 11) is 2.16. The average Bonchev–Trinajstić information content (AvgIpc) is 3.55. The number of aromatic nitrogens is 1. The number of nitrogens with zero attached hydrogens (tertiary/aromatic N) is 4. The van der Waals surface area contributed by atoms with Crippen LogP contribution in [0.1, 0.15) is 25.3 Å². The first-order chi connectivity index (χ1) is 13.7. The molecule has 0 radical (unpaired) electrons. The number of aliphatic imine (C=N–C) groups is 1. The van der Waals surface area contributed by atoms with Crippen molar-refractivity contribution >= 4 is 41.7 Å². The molecule has 2 heterocycles. The van der Waals surface area contributed by atoms with E-state index in [4.69, 9.17) is 0 Å². The van der Waals surface area contributed by atoms with Gasteiger partial charge in [0.2, 0.25) is 5.91 Å². The number of nitrogens with one attached hydrogen (secondary N) is 3. The Morgan fingerprint density at radius 1 is 1.14 bits per heavy atom. The summed E-state index contributed by atoms with van der Waals surface area (Å²) < 4.78 is 0. The quantitative estimate of drug-likeness (QED) is 0.208. The van der Waals surface area contributed by atoms with Crippen LogP contribution in [-0.4, -0.2) is 74.6 Å². The summed E-state index contributed by atoms with van der Waals surface area (Å²) in [6.07, 6.45) is 3.98. The van der Waals surface area contributed by atoms with E-state index in [9.17, 15) is 4.79 Å². The second-order valence-corrected chi connectivity index (χ2v) is 7.50. The minimum absolute atomic E-state index is 0. The first-order valence-corrected chi connectivity index (χ1v) is 10.3.